The lowest BCUT2D eigenvalue weighted by atomic mass is 9.71. The number of hydrogen-bond donors (Lipinski definition) is 1. The molecule has 2 rings (SSSR count). The van der Waals surface area contributed by atoms with Crippen LogP contribution in [0, 0.1) is 0 Å². The Kier molecular flexibility index (Phi) is 1.88. The van der Waals surface area contributed by atoms with Gasteiger partial charge >= 0.3 is 0 Å². The van der Waals surface area contributed by atoms with Gasteiger partial charge in [-0.3, -0.25) is 0 Å². The topological polar surface area (TPSA) is 51.8 Å². The molecule has 1 saturated carbocycles. The molecule has 0 aromatic carbocycles. The van der Waals surface area contributed by atoms with Gasteiger partial charge < -0.3 is 5.73 Å². The van der Waals surface area contributed by atoms with Gasteiger partial charge in [0.1, 0.15) is 10.0 Å². The molecule has 1 aliphatic rings. The maximum atomic E-state index is 5.47. The summed E-state index contributed by atoms with van der Waals surface area (Å²) in [5.41, 5.74) is 5.80. The van der Waals surface area contributed by atoms with Crippen molar-refractivity contribution >= 4 is 11.3 Å². The lowest BCUT2D eigenvalue weighted by molar-refractivity contribution is 0.269. The van der Waals surface area contributed by atoms with Gasteiger partial charge in [-0.1, -0.05) is 24.7 Å². The van der Waals surface area contributed by atoms with E-state index < -0.39 is 0 Å². The molecule has 0 atom stereocenters. The van der Waals surface area contributed by atoms with Gasteiger partial charge in [0.15, 0.2) is 0 Å². The van der Waals surface area contributed by atoms with Gasteiger partial charge in [0, 0.05) is 12.0 Å². The summed E-state index contributed by atoms with van der Waals surface area (Å²) in [5, 5.41) is 10.3. The zero-order chi connectivity index (χ0) is 8.60. The second kappa shape index (κ2) is 2.78. The van der Waals surface area contributed by atoms with Crippen molar-refractivity contribution in [2.24, 2.45) is 5.73 Å². The van der Waals surface area contributed by atoms with Crippen LogP contribution in [0.5, 0.6) is 0 Å². The summed E-state index contributed by atoms with van der Waals surface area (Å²) < 4.78 is 0. The fraction of sp³-hybridized carbons (Fsp3) is 0.750. The van der Waals surface area contributed by atoms with E-state index in [4.69, 9.17) is 5.73 Å². The summed E-state index contributed by atoms with van der Waals surface area (Å²) >= 11 is 1.67. The third-order valence-corrected chi connectivity index (χ3v) is 3.87. The largest absolute Gasteiger partial charge is 0.324 e. The van der Waals surface area contributed by atoms with Crippen molar-refractivity contribution in [1.29, 1.82) is 0 Å². The van der Waals surface area contributed by atoms with Crippen LogP contribution >= 0.6 is 11.3 Å². The molecule has 66 valence electrons. The molecule has 2 N–H and O–H groups in total. The fourth-order valence-corrected chi connectivity index (χ4v) is 2.42. The summed E-state index contributed by atoms with van der Waals surface area (Å²) in [5.74, 6) is 0. The Morgan fingerprint density at radius 3 is 2.67 bits per heavy atom. The van der Waals surface area contributed by atoms with Crippen LogP contribution in [-0.4, -0.2) is 10.2 Å². The number of aromatic nitrogens is 2. The van der Waals surface area contributed by atoms with E-state index in [-0.39, 0.29) is 0 Å². The van der Waals surface area contributed by atoms with Crippen LogP contribution in [0.2, 0.25) is 0 Å². The highest BCUT2D eigenvalue weighted by Crippen LogP contribution is 2.43. The van der Waals surface area contributed by atoms with E-state index >= 15 is 0 Å². The highest BCUT2D eigenvalue weighted by atomic mass is 32.1. The average molecular weight is 183 g/mol. The molecule has 1 aromatic heterocycles. The Balaban J connectivity index is 2.22. The Labute approximate surface area is 76.0 Å². The van der Waals surface area contributed by atoms with E-state index in [9.17, 15) is 0 Å². The highest BCUT2D eigenvalue weighted by Gasteiger charge is 2.36. The second-order valence-corrected chi connectivity index (χ2v) is 4.68. The molecule has 12 heavy (non-hydrogen) atoms. The maximum absolute atomic E-state index is 5.47. The van der Waals surface area contributed by atoms with Crippen molar-refractivity contribution < 1.29 is 0 Å². The quantitative estimate of drug-likeness (QED) is 0.754. The maximum Gasteiger partial charge on any atom is 0.131 e. The number of nitrogens with zero attached hydrogens (tertiary/aromatic N) is 2. The van der Waals surface area contributed by atoms with Gasteiger partial charge in [0.25, 0.3) is 0 Å². The van der Waals surface area contributed by atoms with Gasteiger partial charge in [-0.05, 0) is 12.8 Å². The Bertz CT molecular complexity index is 278. The van der Waals surface area contributed by atoms with Crippen LogP contribution in [0.3, 0.4) is 0 Å². The lowest BCUT2D eigenvalue weighted by Crippen LogP contribution is -2.30. The van der Waals surface area contributed by atoms with Crippen LogP contribution in [-0.2, 0) is 12.0 Å². The molecule has 1 heterocycles. The first-order valence-electron chi connectivity index (χ1n) is 4.27. The van der Waals surface area contributed by atoms with Crippen molar-refractivity contribution in [3.05, 3.63) is 10.0 Å². The smallest absolute Gasteiger partial charge is 0.131 e. The molecule has 0 aliphatic heterocycles. The Hall–Kier alpha value is -0.480. The molecule has 0 saturated heterocycles. The SMILES string of the molecule is CC1(c2nnc(CN)s2)CCC1. The van der Waals surface area contributed by atoms with Gasteiger partial charge in [0.2, 0.25) is 0 Å². The number of nitrogens with two attached hydrogens (primary N) is 1. The van der Waals surface area contributed by atoms with E-state index in [1.165, 1.54) is 24.3 Å². The normalized spacial score (nSPS) is 20.5. The van der Waals surface area contributed by atoms with Crippen LogP contribution in [0.4, 0.5) is 0 Å². The average Bonchev–Trinajstić information content (AvgIpc) is 2.48. The molecule has 0 bridgehead atoms. The first-order chi connectivity index (χ1) is 5.74. The lowest BCUT2D eigenvalue weighted by Gasteiger charge is -2.35. The first-order valence-corrected chi connectivity index (χ1v) is 5.09. The first kappa shape index (κ1) is 8.13. The minimum Gasteiger partial charge on any atom is -0.324 e. The predicted octanol–water partition coefficient (Wildman–Crippen LogP) is 1.44. The van der Waals surface area contributed by atoms with Crippen molar-refractivity contribution in [1.82, 2.24) is 10.2 Å². The number of hydrogen-bond acceptors (Lipinski definition) is 4. The summed E-state index contributed by atoms with van der Waals surface area (Å²) in [6.45, 7) is 2.78. The monoisotopic (exact) mass is 183 g/mol. The van der Waals surface area contributed by atoms with Crippen LogP contribution in [0.1, 0.15) is 36.2 Å². The van der Waals surface area contributed by atoms with Gasteiger partial charge in [-0.2, -0.15) is 0 Å². The molecule has 0 unspecified atom stereocenters. The van der Waals surface area contributed by atoms with Gasteiger partial charge in [-0.25, -0.2) is 0 Å². The summed E-state index contributed by atoms with van der Waals surface area (Å²) in [6, 6.07) is 0. The zero-order valence-electron chi connectivity index (χ0n) is 7.21. The molecule has 0 radical (unpaired) electrons. The van der Waals surface area contributed by atoms with E-state index in [1.54, 1.807) is 11.3 Å². The van der Waals surface area contributed by atoms with Crippen LogP contribution < -0.4 is 5.73 Å². The Morgan fingerprint density at radius 2 is 2.25 bits per heavy atom. The zero-order valence-corrected chi connectivity index (χ0v) is 8.02. The summed E-state index contributed by atoms with van der Waals surface area (Å²) in [4.78, 5) is 0. The van der Waals surface area contributed by atoms with Gasteiger partial charge in [-0.15, -0.1) is 10.2 Å². The third kappa shape index (κ3) is 1.15. The Morgan fingerprint density at radius 1 is 1.50 bits per heavy atom. The molecule has 1 aromatic rings. The van der Waals surface area contributed by atoms with Crippen molar-refractivity contribution in [3.63, 3.8) is 0 Å². The molecule has 1 fully saturated rings. The molecule has 0 spiro atoms. The summed E-state index contributed by atoms with van der Waals surface area (Å²) in [6.07, 6.45) is 3.84. The van der Waals surface area contributed by atoms with Crippen molar-refractivity contribution in [2.75, 3.05) is 0 Å². The van der Waals surface area contributed by atoms with Crippen molar-refractivity contribution in [2.45, 2.75) is 38.1 Å². The standard InChI is InChI=1S/C8H13N3S/c1-8(3-2-4-8)7-11-10-6(5-9)12-7/h2-5,9H2,1H3. The van der Waals surface area contributed by atoms with E-state index in [2.05, 4.69) is 17.1 Å². The second-order valence-electron chi connectivity index (χ2n) is 3.62. The predicted molar refractivity (Wildman–Crippen MR) is 49.0 cm³/mol. The van der Waals surface area contributed by atoms with Crippen LogP contribution in [0.25, 0.3) is 0 Å². The molecular formula is C8H13N3S. The highest BCUT2D eigenvalue weighted by molar-refractivity contribution is 7.11. The third-order valence-electron chi connectivity index (χ3n) is 2.61. The van der Waals surface area contributed by atoms with E-state index in [0.717, 1.165) is 5.01 Å². The molecule has 0 amide bonds. The molecular weight excluding hydrogens is 170 g/mol. The minimum absolute atomic E-state index is 0.324. The fourth-order valence-electron chi connectivity index (χ4n) is 1.50. The van der Waals surface area contributed by atoms with E-state index in [1.807, 2.05) is 0 Å². The minimum atomic E-state index is 0.324. The van der Waals surface area contributed by atoms with E-state index in [0.29, 0.717) is 12.0 Å². The molecule has 4 heteroatoms. The number of rotatable bonds is 2. The van der Waals surface area contributed by atoms with Crippen LogP contribution in [0.15, 0.2) is 0 Å². The molecule has 3 nitrogen and oxygen atoms in total. The summed E-state index contributed by atoms with van der Waals surface area (Å²) in [7, 11) is 0. The molecule has 1 aliphatic carbocycles. The van der Waals surface area contributed by atoms with Crippen molar-refractivity contribution in [3.8, 4) is 0 Å². The van der Waals surface area contributed by atoms with Gasteiger partial charge in [0.05, 0.1) is 0 Å².